The van der Waals surface area contributed by atoms with E-state index in [4.69, 9.17) is 4.74 Å². The summed E-state index contributed by atoms with van der Waals surface area (Å²) in [4.78, 5) is 7.09. The SMILES string of the molecule is O=S(=O)(c1ccccc1)N1CC(c2cnn(CCN3CCOCC3)c2)c2cc(Br)cnc21. The van der Waals surface area contributed by atoms with Gasteiger partial charge in [0.15, 0.2) is 0 Å². The van der Waals surface area contributed by atoms with Crippen LogP contribution in [0.25, 0.3) is 0 Å². The summed E-state index contributed by atoms with van der Waals surface area (Å²) < 4.78 is 36.3. The number of fused-ring (bicyclic) bond motifs is 1. The Morgan fingerprint density at radius 1 is 1.09 bits per heavy atom. The first-order valence-corrected chi connectivity index (χ1v) is 12.8. The minimum Gasteiger partial charge on any atom is -0.379 e. The van der Waals surface area contributed by atoms with Crippen molar-refractivity contribution in [3.05, 3.63) is 70.6 Å². The maximum atomic E-state index is 13.4. The number of nitrogens with zero attached hydrogens (tertiary/aromatic N) is 5. The predicted molar refractivity (Wildman–Crippen MR) is 124 cm³/mol. The number of aromatic nitrogens is 3. The van der Waals surface area contributed by atoms with E-state index in [1.54, 1.807) is 36.5 Å². The van der Waals surface area contributed by atoms with Gasteiger partial charge in [-0.1, -0.05) is 18.2 Å². The van der Waals surface area contributed by atoms with Crippen LogP contribution in [-0.4, -0.2) is 67.5 Å². The van der Waals surface area contributed by atoms with Crippen LogP contribution in [0.3, 0.4) is 0 Å². The summed E-state index contributed by atoms with van der Waals surface area (Å²) >= 11 is 3.49. The quantitative estimate of drug-likeness (QED) is 0.500. The van der Waals surface area contributed by atoms with Gasteiger partial charge in [-0.3, -0.25) is 9.58 Å². The molecule has 0 spiro atoms. The fourth-order valence-corrected chi connectivity index (χ4v) is 6.06. The maximum absolute atomic E-state index is 13.4. The molecule has 10 heteroatoms. The lowest BCUT2D eigenvalue weighted by Gasteiger charge is -2.26. The smallest absolute Gasteiger partial charge is 0.265 e. The van der Waals surface area contributed by atoms with Crippen molar-refractivity contribution < 1.29 is 13.2 Å². The van der Waals surface area contributed by atoms with Gasteiger partial charge in [0.05, 0.1) is 30.9 Å². The molecule has 1 unspecified atom stereocenters. The lowest BCUT2D eigenvalue weighted by Crippen LogP contribution is -2.38. The van der Waals surface area contributed by atoms with Crippen LogP contribution in [0.5, 0.6) is 0 Å². The van der Waals surface area contributed by atoms with Crippen LogP contribution in [-0.2, 0) is 21.3 Å². The first kappa shape index (κ1) is 21.6. The summed E-state index contributed by atoms with van der Waals surface area (Å²) in [5.41, 5.74) is 1.87. The topological polar surface area (TPSA) is 80.6 Å². The van der Waals surface area contributed by atoms with Gasteiger partial charge >= 0.3 is 0 Å². The second-order valence-electron chi connectivity index (χ2n) is 7.96. The van der Waals surface area contributed by atoms with Crippen molar-refractivity contribution >= 4 is 31.8 Å². The number of sulfonamides is 1. The number of hydrogen-bond acceptors (Lipinski definition) is 6. The summed E-state index contributed by atoms with van der Waals surface area (Å²) in [5, 5.41) is 4.54. The highest BCUT2D eigenvalue weighted by Gasteiger charge is 2.39. The number of rotatable bonds is 6. The first-order chi connectivity index (χ1) is 15.5. The normalized spacial score (nSPS) is 19.3. The van der Waals surface area contributed by atoms with Crippen molar-refractivity contribution in [3.63, 3.8) is 0 Å². The second-order valence-corrected chi connectivity index (χ2v) is 10.7. The Labute approximate surface area is 196 Å². The van der Waals surface area contributed by atoms with Gasteiger partial charge in [0.2, 0.25) is 0 Å². The average molecular weight is 518 g/mol. The first-order valence-electron chi connectivity index (χ1n) is 10.6. The van der Waals surface area contributed by atoms with Crippen LogP contribution in [0.1, 0.15) is 17.0 Å². The molecule has 168 valence electrons. The molecule has 3 aromatic rings. The molecule has 2 aromatic heterocycles. The molecule has 1 aromatic carbocycles. The number of ether oxygens (including phenoxy) is 1. The molecule has 0 radical (unpaired) electrons. The van der Waals surface area contributed by atoms with Crippen LogP contribution in [0, 0.1) is 0 Å². The van der Waals surface area contributed by atoms with Gasteiger partial charge in [0.1, 0.15) is 5.82 Å². The van der Waals surface area contributed by atoms with E-state index < -0.39 is 10.0 Å². The van der Waals surface area contributed by atoms with Gasteiger partial charge in [-0.15, -0.1) is 0 Å². The molecule has 2 aliphatic rings. The zero-order chi connectivity index (χ0) is 22.1. The van der Waals surface area contributed by atoms with Gasteiger partial charge in [-0.2, -0.15) is 5.10 Å². The maximum Gasteiger partial charge on any atom is 0.265 e. The van der Waals surface area contributed by atoms with Crippen molar-refractivity contribution in [3.8, 4) is 0 Å². The molecule has 1 saturated heterocycles. The third-order valence-corrected chi connectivity index (χ3v) is 8.16. The van der Waals surface area contributed by atoms with Gasteiger partial charge in [-0.25, -0.2) is 17.7 Å². The standard InChI is InChI=1S/C22H24BrN5O3S/c23-18-12-20-21(17-13-25-27(15-17)7-6-26-8-10-31-11-9-26)16-28(22(20)24-14-18)32(29,30)19-4-2-1-3-5-19/h1-5,12-15,21H,6-11,16H2. The second kappa shape index (κ2) is 8.93. The zero-order valence-corrected chi connectivity index (χ0v) is 19.9. The molecular weight excluding hydrogens is 494 g/mol. The summed E-state index contributed by atoms with van der Waals surface area (Å²) in [6, 6.07) is 10.5. The summed E-state index contributed by atoms with van der Waals surface area (Å²) in [6.45, 7) is 5.42. The number of benzene rings is 1. The molecule has 0 saturated carbocycles. The molecule has 8 nitrogen and oxygen atoms in total. The molecule has 4 heterocycles. The van der Waals surface area contributed by atoms with Gasteiger partial charge in [0.25, 0.3) is 10.0 Å². The summed E-state index contributed by atoms with van der Waals surface area (Å²) in [7, 11) is -3.71. The predicted octanol–water partition coefficient (Wildman–Crippen LogP) is 2.71. The van der Waals surface area contributed by atoms with Crippen LogP contribution in [0.2, 0.25) is 0 Å². The highest BCUT2D eigenvalue weighted by Crippen LogP contribution is 2.42. The molecule has 0 amide bonds. The van der Waals surface area contributed by atoms with E-state index in [2.05, 4.69) is 30.9 Å². The Hall–Kier alpha value is -2.27. The van der Waals surface area contributed by atoms with E-state index in [0.29, 0.717) is 12.4 Å². The van der Waals surface area contributed by atoms with Crippen molar-refractivity contribution in [2.75, 3.05) is 43.7 Å². The van der Waals surface area contributed by atoms with Crippen LogP contribution < -0.4 is 4.31 Å². The minimum absolute atomic E-state index is 0.134. The molecule has 1 atom stereocenters. The highest BCUT2D eigenvalue weighted by molar-refractivity contribution is 9.10. The Kier molecular flexibility index (Phi) is 6.02. The molecule has 0 bridgehead atoms. The van der Waals surface area contributed by atoms with E-state index >= 15 is 0 Å². The van der Waals surface area contributed by atoms with Crippen LogP contribution >= 0.6 is 15.9 Å². The minimum atomic E-state index is -3.71. The lowest BCUT2D eigenvalue weighted by atomic mass is 9.97. The van der Waals surface area contributed by atoms with E-state index in [-0.39, 0.29) is 10.8 Å². The molecule has 0 aliphatic carbocycles. The summed E-state index contributed by atoms with van der Waals surface area (Å²) in [5.74, 6) is 0.341. The fourth-order valence-electron chi connectivity index (χ4n) is 4.23. The largest absolute Gasteiger partial charge is 0.379 e. The molecule has 32 heavy (non-hydrogen) atoms. The molecule has 1 fully saturated rings. The van der Waals surface area contributed by atoms with E-state index in [1.165, 1.54) is 4.31 Å². The third kappa shape index (κ3) is 4.19. The van der Waals surface area contributed by atoms with Crippen molar-refractivity contribution in [2.45, 2.75) is 17.4 Å². The Morgan fingerprint density at radius 3 is 2.66 bits per heavy atom. The number of pyridine rings is 1. The van der Waals surface area contributed by atoms with Crippen LogP contribution in [0.15, 0.2) is 64.4 Å². The monoisotopic (exact) mass is 517 g/mol. The van der Waals surface area contributed by atoms with E-state index in [1.807, 2.05) is 23.1 Å². The summed E-state index contributed by atoms with van der Waals surface area (Å²) in [6.07, 6.45) is 5.50. The molecular formula is C22H24BrN5O3S. The number of morpholine rings is 1. The number of anilines is 1. The highest BCUT2D eigenvalue weighted by atomic mass is 79.9. The fraction of sp³-hybridized carbons (Fsp3) is 0.364. The third-order valence-electron chi connectivity index (χ3n) is 5.96. The average Bonchev–Trinajstić information content (AvgIpc) is 3.43. The lowest BCUT2D eigenvalue weighted by molar-refractivity contribution is 0.0359. The van der Waals surface area contributed by atoms with Crippen LogP contribution in [0.4, 0.5) is 5.82 Å². The Bertz CT molecular complexity index is 1200. The van der Waals surface area contributed by atoms with Crippen molar-refractivity contribution in [1.29, 1.82) is 0 Å². The Balaban J connectivity index is 1.41. The van der Waals surface area contributed by atoms with Crippen molar-refractivity contribution in [1.82, 2.24) is 19.7 Å². The van der Waals surface area contributed by atoms with Crippen molar-refractivity contribution in [2.24, 2.45) is 0 Å². The molecule has 5 rings (SSSR count). The van der Waals surface area contributed by atoms with Gasteiger partial charge in [0, 0.05) is 54.5 Å². The van der Waals surface area contributed by atoms with Gasteiger partial charge < -0.3 is 4.74 Å². The zero-order valence-electron chi connectivity index (χ0n) is 17.5. The number of hydrogen-bond donors (Lipinski definition) is 0. The van der Waals surface area contributed by atoms with Gasteiger partial charge in [-0.05, 0) is 39.7 Å². The molecule has 0 N–H and O–H groups in total. The van der Waals surface area contributed by atoms with E-state index in [9.17, 15) is 8.42 Å². The molecule has 2 aliphatic heterocycles. The van der Waals surface area contributed by atoms with E-state index in [0.717, 1.165) is 55.0 Å². The number of halogens is 1. The Morgan fingerprint density at radius 2 is 1.88 bits per heavy atom.